The van der Waals surface area contributed by atoms with Gasteiger partial charge in [0.15, 0.2) is 12.1 Å². The first-order chi connectivity index (χ1) is 19.6. The highest BCUT2D eigenvalue weighted by Crippen LogP contribution is 2.89. The zero-order valence-electron chi connectivity index (χ0n) is 26.9. The molecule has 1 saturated heterocycles. The van der Waals surface area contributed by atoms with Crippen LogP contribution in [0.3, 0.4) is 0 Å². The van der Waals surface area contributed by atoms with Crippen molar-refractivity contribution in [3.8, 4) is 0 Å². The minimum atomic E-state index is -0.941. The number of aliphatic hydroxyl groups is 1. The van der Waals surface area contributed by atoms with E-state index in [1.807, 2.05) is 13.8 Å². The number of Topliss-reactive ketones (excluding diaryl/α,β-unsaturated/α-hetero) is 1. The molecule has 6 aliphatic rings. The topological polar surface area (TPSA) is 99.1 Å². The lowest BCUT2D eigenvalue weighted by Crippen LogP contribution is -2.59. The summed E-state index contributed by atoms with van der Waals surface area (Å²) >= 11 is 0. The van der Waals surface area contributed by atoms with Crippen molar-refractivity contribution < 1.29 is 33.7 Å². The van der Waals surface area contributed by atoms with Crippen LogP contribution in [-0.4, -0.2) is 60.3 Å². The summed E-state index contributed by atoms with van der Waals surface area (Å²) in [4.78, 5) is 37.2. The average molecular weight is 587 g/mol. The molecule has 0 radical (unpaired) electrons. The van der Waals surface area contributed by atoms with Crippen molar-refractivity contribution in [1.82, 2.24) is 0 Å². The number of ketones is 1. The Kier molecular flexibility index (Phi) is 7.29. The van der Waals surface area contributed by atoms with E-state index in [4.69, 9.17) is 14.2 Å². The number of rotatable bonds is 9. The van der Waals surface area contributed by atoms with Crippen molar-refractivity contribution in [1.29, 1.82) is 0 Å². The largest absolute Gasteiger partial charge is 0.390 e. The maximum absolute atomic E-state index is 14.7. The summed E-state index contributed by atoms with van der Waals surface area (Å²) in [5, 5.41) is 10.5. The Bertz CT molecular complexity index is 1110. The van der Waals surface area contributed by atoms with Crippen LogP contribution in [0, 0.1) is 50.7 Å². The van der Waals surface area contributed by atoms with E-state index >= 15 is 0 Å². The van der Waals surface area contributed by atoms with Gasteiger partial charge < -0.3 is 24.1 Å². The molecule has 12 atom stereocenters. The van der Waals surface area contributed by atoms with Crippen LogP contribution in [0.5, 0.6) is 0 Å². The van der Waals surface area contributed by atoms with Gasteiger partial charge in [0, 0.05) is 24.2 Å². The van der Waals surface area contributed by atoms with Gasteiger partial charge in [-0.2, -0.15) is 0 Å². The van der Waals surface area contributed by atoms with Crippen LogP contribution in [0.25, 0.3) is 0 Å². The van der Waals surface area contributed by atoms with Gasteiger partial charge in [-0.15, -0.1) is 0 Å². The molecule has 0 aromatic rings. The number of carbonyl (C=O) groups is 3. The fourth-order valence-corrected chi connectivity index (χ4v) is 12.5. The minimum Gasteiger partial charge on any atom is -0.390 e. The summed E-state index contributed by atoms with van der Waals surface area (Å²) in [5.74, 6) is 1.79. The summed E-state index contributed by atoms with van der Waals surface area (Å²) < 4.78 is 18.5. The second kappa shape index (κ2) is 9.92. The smallest absolute Gasteiger partial charge is 0.214 e. The first-order valence-corrected chi connectivity index (χ1v) is 16.7. The van der Waals surface area contributed by atoms with Gasteiger partial charge in [-0.05, 0) is 105 Å². The lowest BCUT2D eigenvalue weighted by Gasteiger charge is -2.62. The van der Waals surface area contributed by atoms with Crippen molar-refractivity contribution in [3.05, 3.63) is 0 Å². The van der Waals surface area contributed by atoms with Crippen LogP contribution in [0.4, 0.5) is 0 Å². The third kappa shape index (κ3) is 4.08. The normalized spacial score (nSPS) is 49.5. The summed E-state index contributed by atoms with van der Waals surface area (Å²) in [5.41, 5.74) is -1.01. The monoisotopic (exact) mass is 586 g/mol. The predicted molar refractivity (Wildman–Crippen MR) is 157 cm³/mol. The number of hydrogen-bond acceptors (Lipinski definition) is 7. The van der Waals surface area contributed by atoms with Gasteiger partial charge in [-0.25, -0.2) is 0 Å². The van der Waals surface area contributed by atoms with Crippen LogP contribution in [0.15, 0.2) is 0 Å². The minimum absolute atomic E-state index is 0.0771. The maximum Gasteiger partial charge on any atom is 0.214 e. The summed E-state index contributed by atoms with van der Waals surface area (Å²) in [6, 6.07) is 0. The zero-order valence-corrected chi connectivity index (χ0v) is 26.9. The number of hydrogen-bond donors (Lipinski definition) is 1. The van der Waals surface area contributed by atoms with Crippen LogP contribution >= 0.6 is 0 Å². The number of fused-ring (bicyclic) bond motifs is 4. The van der Waals surface area contributed by atoms with E-state index in [1.165, 1.54) is 12.8 Å². The highest BCUT2D eigenvalue weighted by atomic mass is 16.7. The zero-order chi connectivity index (χ0) is 30.5. The van der Waals surface area contributed by atoms with Gasteiger partial charge in [-0.3, -0.25) is 9.59 Å². The number of carbonyl (C=O) groups excluding carboxylic acids is 3. The summed E-state index contributed by atoms with van der Waals surface area (Å²) in [6.45, 7) is 15.5. The number of aldehydes is 2. The Balaban J connectivity index is 1.25. The number of ether oxygens (including phenoxy) is 3. The molecule has 1 N–H and O–H groups in total. The molecule has 42 heavy (non-hydrogen) atoms. The third-order valence-corrected chi connectivity index (χ3v) is 14.2. The summed E-state index contributed by atoms with van der Waals surface area (Å²) in [6.07, 6.45) is 9.27. The van der Waals surface area contributed by atoms with Crippen molar-refractivity contribution in [2.75, 3.05) is 6.61 Å². The lowest BCUT2D eigenvalue weighted by atomic mass is 9.41. The van der Waals surface area contributed by atoms with Crippen LogP contribution in [-0.2, 0) is 28.6 Å². The molecule has 0 bridgehead atoms. The molecule has 6 rings (SSSR count). The predicted octanol–water partition coefficient (Wildman–Crippen LogP) is 5.68. The molecule has 7 nitrogen and oxygen atoms in total. The first-order valence-electron chi connectivity index (χ1n) is 16.7. The van der Waals surface area contributed by atoms with Crippen LogP contribution in [0.2, 0.25) is 0 Å². The average Bonchev–Trinajstić information content (AvgIpc) is 3.53. The second-order valence-corrected chi connectivity index (χ2v) is 16.9. The van der Waals surface area contributed by atoms with Gasteiger partial charge in [-0.1, -0.05) is 34.6 Å². The van der Waals surface area contributed by atoms with Crippen molar-refractivity contribution in [2.45, 2.75) is 143 Å². The molecule has 0 aromatic carbocycles. The van der Waals surface area contributed by atoms with Crippen molar-refractivity contribution in [3.63, 3.8) is 0 Å². The molecular weight excluding hydrogens is 532 g/mol. The Morgan fingerprint density at radius 2 is 1.74 bits per heavy atom. The summed E-state index contributed by atoms with van der Waals surface area (Å²) in [7, 11) is 0. The van der Waals surface area contributed by atoms with E-state index in [-0.39, 0.29) is 58.9 Å². The molecule has 7 heteroatoms. The van der Waals surface area contributed by atoms with E-state index < -0.39 is 17.3 Å². The Morgan fingerprint density at radius 3 is 2.40 bits per heavy atom. The van der Waals surface area contributed by atoms with E-state index in [0.717, 1.165) is 44.8 Å². The highest BCUT2D eigenvalue weighted by molar-refractivity contribution is 5.93. The fourth-order valence-electron chi connectivity index (χ4n) is 12.5. The van der Waals surface area contributed by atoms with Gasteiger partial charge in [0.1, 0.15) is 12.4 Å². The van der Waals surface area contributed by atoms with E-state index in [1.54, 1.807) is 0 Å². The first kappa shape index (κ1) is 30.9. The van der Waals surface area contributed by atoms with Gasteiger partial charge >= 0.3 is 0 Å². The standard InChI is InChI=1S/C35H54O7/c1-21-17-22(18-30(2,3)39)41-28-27(21)32(6)13-14-35-20-34(35)12-11-25(42-26(19-37)40-16-8-15-36)31(4,5)23(34)9-10-24(35)33(32,7)29(28)38/h15,19,21-28,39H,8-14,16-18,20H2,1-7H3/t21-,22-,23+,24+,25+,26+,27?,28+,32-,33-,34-,35+/m1/s1. The van der Waals surface area contributed by atoms with Crippen LogP contribution < -0.4 is 0 Å². The fraction of sp³-hybridized carbons (Fsp3) is 0.914. The molecule has 0 aromatic heterocycles. The third-order valence-electron chi connectivity index (χ3n) is 14.2. The Hall–Kier alpha value is -1.15. The van der Waals surface area contributed by atoms with Gasteiger partial charge in [0.25, 0.3) is 0 Å². The second-order valence-electron chi connectivity index (χ2n) is 16.9. The molecule has 236 valence electrons. The Labute approximate surface area is 252 Å². The molecule has 5 saturated carbocycles. The molecule has 2 spiro atoms. The molecule has 0 amide bonds. The van der Waals surface area contributed by atoms with E-state index in [0.29, 0.717) is 36.2 Å². The van der Waals surface area contributed by atoms with Crippen molar-refractivity contribution in [2.24, 2.45) is 50.7 Å². The maximum atomic E-state index is 14.7. The lowest BCUT2D eigenvalue weighted by molar-refractivity contribution is -0.221. The van der Waals surface area contributed by atoms with Gasteiger partial charge in [0.05, 0.1) is 24.4 Å². The van der Waals surface area contributed by atoms with Crippen molar-refractivity contribution >= 4 is 18.4 Å². The molecule has 1 heterocycles. The molecule has 1 unspecified atom stereocenters. The van der Waals surface area contributed by atoms with Gasteiger partial charge in [0.2, 0.25) is 6.29 Å². The molecule has 1 aliphatic heterocycles. The Morgan fingerprint density at radius 1 is 1.05 bits per heavy atom. The molecule has 5 aliphatic carbocycles. The molecule has 6 fully saturated rings. The quantitative estimate of drug-likeness (QED) is 0.211. The van der Waals surface area contributed by atoms with Crippen LogP contribution in [0.1, 0.15) is 113 Å². The molecular formula is C35H54O7. The highest BCUT2D eigenvalue weighted by Gasteiger charge is 2.85. The van der Waals surface area contributed by atoms with E-state index in [9.17, 15) is 19.5 Å². The van der Waals surface area contributed by atoms with E-state index in [2.05, 4.69) is 34.6 Å². The SMILES string of the molecule is C[C@@H]1C[C@H](CC(C)(C)O)O[C@@H]2C(=O)[C@@]3(C)[C@@H]4CC[C@H]5C(C)(C)[C@@H](O[C@@H](C=O)OCCC=O)CC[C@@]56C[C@@]46CC[C@]3(C)C12.